The fourth-order valence-electron chi connectivity index (χ4n) is 1.06. The monoisotopic (exact) mass is 191 g/mol. The van der Waals surface area contributed by atoms with Crippen LogP contribution in [0.15, 0.2) is 12.2 Å². The quantitative estimate of drug-likeness (QED) is 0.503. The van der Waals surface area contributed by atoms with Gasteiger partial charge >= 0.3 is 0 Å². The molecule has 0 saturated carbocycles. The summed E-state index contributed by atoms with van der Waals surface area (Å²) in [5.41, 5.74) is 0. The maximum atomic E-state index is 3.43. The van der Waals surface area contributed by atoms with Gasteiger partial charge < -0.3 is 5.32 Å². The first kappa shape index (κ1) is 14.5. The van der Waals surface area contributed by atoms with Crippen LogP contribution in [0.2, 0.25) is 0 Å². The summed E-state index contributed by atoms with van der Waals surface area (Å²) in [6, 6.07) is 0.539. The second kappa shape index (κ2) is 11.0. The molecule has 74 valence electrons. The van der Waals surface area contributed by atoms with Crippen LogP contribution in [-0.2, 0) is 0 Å². The summed E-state index contributed by atoms with van der Waals surface area (Å²) in [4.78, 5) is 0. The molecule has 0 spiro atoms. The predicted octanol–water partition coefficient (Wildman–Crippen LogP) is 3.15. The summed E-state index contributed by atoms with van der Waals surface area (Å²) in [6.07, 6.45) is 8.23. The smallest absolute Gasteiger partial charge is 0.0221 e. The van der Waals surface area contributed by atoms with Crippen LogP contribution in [0.5, 0.6) is 0 Å². The summed E-state index contributed by atoms with van der Waals surface area (Å²) < 4.78 is 0. The van der Waals surface area contributed by atoms with Crippen LogP contribution >= 0.6 is 12.4 Å². The van der Waals surface area contributed by atoms with Gasteiger partial charge in [0.2, 0.25) is 0 Å². The standard InChI is InChI=1S/C10H21N.ClH/c1-4-6-7-9-11-10(3)8-5-2;/h5,8,10-11H,4,6-7,9H2,1-3H3;1H/b8-5+;. The van der Waals surface area contributed by atoms with Crippen molar-refractivity contribution in [1.29, 1.82) is 0 Å². The average molecular weight is 192 g/mol. The summed E-state index contributed by atoms with van der Waals surface area (Å²) >= 11 is 0. The van der Waals surface area contributed by atoms with Crippen LogP contribution in [0.3, 0.4) is 0 Å². The molecule has 0 aliphatic rings. The molecule has 2 heteroatoms. The summed E-state index contributed by atoms with van der Waals surface area (Å²) in [5.74, 6) is 0. The zero-order valence-electron chi connectivity index (χ0n) is 8.47. The Balaban J connectivity index is 0. The number of unbranched alkanes of at least 4 members (excludes halogenated alkanes) is 2. The van der Waals surface area contributed by atoms with E-state index < -0.39 is 0 Å². The van der Waals surface area contributed by atoms with E-state index in [-0.39, 0.29) is 12.4 Å². The minimum Gasteiger partial charge on any atom is -0.311 e. The van der Waals surface area contributed by atoms with Gasteiger partial charge in [-0.15, -0.1) is 12.4 Å². The third-order valence-electron chi connectivity index (χ3n) is 1.73. The van der Waals surface area contributed by atoms with Crippen LogP contribution in [0.1, 0.15) is 40.0 Å². The zero-order valence-corrected chi connectivity index (χ0v) is 9.29. The minimum atomic E-state index is 0. The van der Waals surface area contributed by atoms with Crippen LogP contribution in [0.4, 0.5) is 0 Å². The molecule has 0 aromatic carbocycles. The van der Waals surface area contributed by atoms with Crippen molar-refractivity contribution in [2.45, 2.75) is 46.1 Å². The highest BCUT2D eigenvalue weighted by atomic mass is 35.5. The number of hydrogen-bond acceptors (Lipinski definition) is 1. The van der Waals surface area contributed by atoms with Gasteiger partial charge in [0.05, 0.1) is 0 Å². The van der Waals surface area contributed by atoms with E-state index >= 15 is 0 Å². The molecule has 1 nitrogen and oxygen atoms in total. The summed E-state index contributed by atoms with van der Waals surface area (Å²) in [7, 11) is 0. The molecule has 0 bridgehead atoms. The van der Waals surface area contributed by atoms with Gasteiger partial charge in [0, 0.05) is 6.04 Å². The number of nitrogens with one attached hydrogen (secondary N) is 1. The molecule has 0 saturated heterocycles. The molecule has 0 radical (unpaired) electrons. The fourth-order valence-corrected chi connectivity index (χ4v) is 1.06. The van der Waals surface area contributed by atoms with E-state index in [0.717, 1.165) is 6.54 Å². The van der Waals surface area contributed by atoms with E-state index in [0.29, 0.717) is 6.04 Å². The molecule has 0 fully saturated rings. The Morgan fingerprint density at radius 3 is 2.50 bits per heavy atom. The maximum absolute atomic E-state index is 3.43. The average Bonchev–Trinajstić information content (AvgIpc) is 1.99. The van der Waals surface area contributed by atoms with Crippen LogP contribution in [0.25, 0.3) is 0 Å². The highest BCUT2D eigenvalue weighted by Crippen LogP contribution is 1.92. The highest BCUT2D eigenvalue weighted by Gasteiger charge is 1.92. The van der Waals surface area contributed by atoms with Crippen molar-refractivity contribution in [3.63, 3.8) is 0 Å². The first-order valence-corrected chi connectivity index (χ1v) is 4.67. The van der Waals surface area contributed by atoms with Gasteiger partial charge in [0.1, 0.15) is 0 Å². The number of halogens is 1. The summed E-state index contributed by atoms with van der Waals surface area (Å²) in [5, 5.41) is 3.43. The molecule has 0 amide bonds. The Morgan fingerprint density at radius 2 is 2.00 bits per heavy atom. The Morgan fingerprint density at radius 1 is 1.33 bits per heavy atom. The lowest BCUT2D eigenvalue weighted by Crippen LogP contribution is -2.24. The summed E-state index contributed by atoms with van der Waals surface area (Å²) in [6.45, 7) is 7.63. The van der Waals surface area contributed by atoms with E-state index in [1.165, 1.54) is 19.3 Å². The Kier molecular flexibility index (Phi) is 13.3. The number of hydrogen-bond donors (Lipinski definition) is 1. The van der Waals surface area contributed by atoms with Crippen LogP contribution in [-0.4, -0.2) is 12.6 Å². The van der Waals surface area contributed by atoms with Gasteiger partial charge in [0.15, 0.2) is 0 Å². The molecule has 0 aromatic heterocycles. The van der Waals surface area contributed by atoms with E-state index in [4.69, 9.17) is 0 Å². The maximum Gasteiger partial charge on any atom is 0.0221 e. The second-order valence-electron chi connectivity index (χ2n) is 2.98. The fraction of sp³-hybridized carbons (Fsp3) is 0.800. The Labute approximate surface area is 83.0 Å². The Hall–Kier alpha value is -0.0100. The lowest BCUT2D eigenvalue weighted by Gasteiger charge is -2.07. The third-order valence-corrected chi connectivity index (χ3v) is 1.73. The van der Waals surface area contributed by atoms with Gasteiger partial charge in [-0.2, -0.15) is 0 Å². The van der Waals surface area contributed by atoms with Crippen molar-refractivity contribution in [3.05, 3.63) is 12.2 Å². The van der Waals surface area contributed by atoms with E-state index in [1.54, 1.807) is 0 Å². The Bertz CT molecular complexity index is 102. The minimum absolute atomic E-state index is 0. The third kappa shape index (κ3) is 9.99. The molecule has 0 rings (SSSR count). The van der Waals surface area contributed by atoms with Crippen molar-refractivity contribution in [2.75, 3.05) is 6.54 Å². The SMILES string of the molecule is C/C=C/C(C)NCCCCC.Cl. The van der Waals surface area contributed by atoms with Gasteiger partial charge in [-0.3, -0.25) is 0 Å². The second-order valence-corrected chi connectivity index (χ2v) is 2.98. The van der Waals surface area contributed by atoms with Gasteiger partial charge in [0.25, 0.3) is 0 Å². The zero-order chi connectivity index (χ0) is 8.53. The van der Waals surface area contributed by atoms with Crippen molar-refractivity contribution in [3.8, 4) is 0 Å². The lowest BCUT2D eigenvalue weighted by molar-refractivity contribution is 0.583. The molecule has 0 aliphatic heterocycles. The molecule has 0 aromatic rings. The van der Waals surface area contributed by atoms with Crippen molar-refractivity contribution >= 4 is 12.4 Å². The molecule has 12 heavy (non-hydrogen) atoms. The number of rotatable bonds is 6. The van der Waals surface area contributed by atoms with Gasteiger partial charge in [-0.25, -0.2) is 0 Å². The number of allylic oxidation sites excluding steroid dienone is 1. The molecular formula is C10H22ClN. The van der Waals surface area contributed by atoms with Crippen LogP contribution < -0.4 is 5.32 Å². The molecule has 1 atom stereocenters. The molecule has 1 unspecified atom stereocenters. The normalized spacial score (nSPS) is 12.9. The first-order chi connectivity index (χ1) is 5.31. The first-order valence-electron chi connectivity index (χ1n) is 4.67. The van der Waals surface area contributed by atoms with Crippen molar-refractivity contribution < 1.29 is 0 Å². The largest absolute Gasteiger partial charge is 0.311 e. The highest BCUT2D eigenvalue weighted by molar-refractivity contribution is 5.85. The van der Waals surface area contributed by atoms with Crippen molar-refractivity contribution in [1.82, 2.24) is 5.32 Å². The van der Waals surface area contributed by atoms with E-state index in [2.05, 4.69) is 38.2 Å². The van der Waals surface area contributed by atoms with E-state index in [1.807, 2.05) is 0 Å². The molecular weight excluding hydrogens is 170 g/mol. The van der Waals surface area contributed by atoms with Gasteiger partial charge in [-0.1, -0.05) is 31.9 Å². The topological polar surface area (TPSA) is 12.0 Å². The lowest BCUT2D eigenvalue weighted by atomic mass is 10.2. The molecule has 0 aliphatic carbocycles. The van der Waals surface area contributed by atoms with Crippen LogP contribution in [0, 0.1) is 0 Å². The van der Waals surface area contributed by atoms with Crippen molar-refractivity contribution in [2.24, 2.45) is 0 Å². The molecule has 0 heterocycles. The van der Waals surface area contributed by atoms with E-state index in [9.17, 15) is 0 Å². The molecule has 1 N–H and O–H groups in total. The predicted molar refractivity (Wildman–Crippen MR) is 59.1 cm³/mol. The van der Waals surface area contributed by atoms with Gasteiger partial charge in [-0.05, 0) is 26.8 Å².